The van der Waals surface area contributed by atoms with Crippen LogP contribution >= 0.6 is 0 Å². The molecule has 1 fully saturated rings. The van der Waals surface area contributed by atoms with E-state index in [-0.39, 0.29) is 0 Å². The third-order valence-corrected chi connectivity index (χ3v) is 3.69. The van der Waals surface area contributed by atoms with E-state index in [2.05, 4.69) is 34.1 Å². The van der Waals surface area contributed by atoms with Gasteiger partial charge in [-0.1, -0.05) is 12.8 Å². The zero-order valence-corrected chi connectivity index (χ0v) is 11.4. The number of hydrogen-bond acceptors (Lipinski definition) is 5. The molecule has 6 nitrogen and oxygen atoms in total. The van der Waals surface area contributed by atoms with Gasteiger partial charge in [0.1, 0.15) is 0 Å². The Morgan fingerprint density at radius 3 is 2.74 bits per heavy atom. The van der Waals surface area contributed by atoms with E-state index < -0.39 is 0 Å². The number of rotatable bonds is 3. The molecule has 0 spiro atoms. The van der Waals surface area contributed by atoms with E-state index in [0.717, 1.165) is 17.0 Å². The summed E-state index contributed by atoms with van der Waals surface area (Å²) in [5.74, 6) is 1.07. The molecule has 0 amide bonds. The van der Waals surface area contributed by atoms with Crippen molar-refractivity contribution in [2.45, 2.75) is 51.6 Å². The number of nitrogens with zero attached hydrogens (tertiary/aromatic N) is 4. The summed E-state index contributed by atoms with van der Waals surface area (Å²) in [6.07, 6.45) is 6.75. The average Bonchev–Trinajstić information content (AvgIpc) is 2.97. The Hall–Kier alpha value is -1.85. The van der Waals surface area contributed by atoms with E-state index in [1.807, 2.05) is 10.9 Å². The van der Waals surface area contributed by atoms with E-state index >= 15 is 0 Å². The van der Waals surface area contributed by atoms with Crippen molar-refractivity contribution in [3.05, 3.63) is 6.33 Å². The fourth-order valence-corrected chi connectivity index (χ4v) is 2.68. The molecule has 6 heteroatoms. The zero-order chi connectivity index (χ0) is 13.4. The van der Waals surface area contributed by atoms with Gasteiger partial charge in [-0.2, -0.15) is 9.97 Å². The van der Waals surface area contributed by atoms with Crippen molar-refractivity contribution in [1.82, 2.24) is 19.5 Å². The van der Waals surface area contributed by atoms with Crippen LogP contribution in [-0.4, -0.2) is 25.6 Å². The van der Waals surface area contributed by atoms with E-state index in [1.54, 1.807) is 0 Å². The van der Waals surface area contributed by atoms with Gasteiger partial charge in [0.25, 0.3) is 0 Å². The summed E-state index contributed by atoms with van der Waals surface area (Å²) < 4.78 is 2.02. The Bertz CT molecular complexity index is 582. The molecule has 0 unspecified atom stereocenters. The minimum absolute atomic E-state index is 0.301. The van der Waals surface area contributed by atoms with E-state index in [0.29, 0.717) is 18.0 Å². The third kappa shape index (κ3) is 2.22. The van der Waals surface area contributed by atoms with Crippen LogP contribution in [0.25, 0.3) is 11.2 Å². The van der Waals surface area contributed by atoms with Crippen LogP contribution in [0.5, 0.6) is 0 Å². The molecule has 1 aliphatic rings. The average molecular weight is 260 g/mol. The van der Waals surface area contributed by atoms with Gasteiger partial charge in [0.15, 0.2) is 17.0 Å². The summed E-state index contributed by atoms with van der Waals surface area (Å²) in [6, 6.07) is 0.792. The highest BCUT2D eigenvalue weighted by atomic mass is 15.2. The molecule has 0 saturated heterocycles. The molecule has 102 valence electrons. The van der Waals surface area contributed by atoms with Gasteiger partial charge in [-0.15, -0.1) is 0 Å². The normalized spacial score (nSPS) is 16.6. The molecule has 2 aromatic heterocycles. The minimum Gasteiger partial charge on any atom is -0.368 e. The lowest BCUT2D eigenvalue weighted by Crippen LogP contribution is -2.17. The third-order valence-electron chi connectivity index (χ3n) is 3.69. The summed E-state index contributed by atoms with van der Waals surface area (Å²) in [7, 11) is 0. The fraction of sp³-hybridized carbons (Fsp3) is 0.615. The number of nitrogens with two attached hydrogens (primary N) is 1. The number of nitrogen functional groups attached to an aromatic ring is 1. The summed E-state index contributed by atoms with van der Waals surface area (Å²) in [4.78, 5) is 13.1. The summed E-state index contributed by atoms with van der Waals surface area (Å²) in [5.41, 5.74) is 7.45. The molecule has 2 heterocycles. The lowest BCUT2D eigenvalue weighted by Gasteiger charge is -2.13. The summed E-state index contributed by atoms with van der Waals surface area (Å²) >= 11 is 0. The van der Waals surface area contributed by atoms with Crippen molar-refractivity contribution in [1.29, 1.82) is 0 Å². The maximum Gasteiger partial charge on any atom is 0.224 e. The highest BCUT2D eigenvalue weighted by Gasteiger charge is 2.19. The SMILES string of the molecule is CC(C)n1cnc2c(NC3CCCC3)nc(N)nc21. The molecule has 1 saturated carbocycles. The van der Waals surface area contributed by atoms with Gasteiger partial charge in [0.2, 0.25) is 5.95 Å². The van der Waals surface area contributed by atoms with Gasteiger partial charge in [0.05, 0.1) is 6.33 Å². The molecule has 0 aromatic carbocycles. The molecule has 0 atom stereocenters. The molecule has 3 N–H and O–H groups in total. The smallest absolute Gasteiger partial charge is 0.224 e. The van der Waals surface area contributed by atoms with Crippen LogP contribution < -0.4 is 11.1 Å². The van der Waals surface area contributed by atoms with E-state index in [9.17, 15) is 0 Å². The van der Waals surface area contributed by atoms with Crippen LogP contribution in [0.2, 0.25) is 0 Å². The Balaban J connectivity index is 2.03. The Labute approximate surface area is 112 Å². The maximum atomic E-state index is 5.82. The first-order valence-electron chi connectivity index (χ1n) is 6.91. The molecule has 0 bridgehead atoms. The highest BCUT2D eigenvalue weighted by molar-refractivity contribution is 5.84. The zero-order valence-electron chi connectivity index (χ0n) is 11.4. The summed E-state index contributed by atoms with van der Waals surface area (Å²) in [6.45, 7) is 4.20. The quantitative estimate of drug-likeness (QED) is 0.885. The van der Waals surface area contributed by atoms with Crippen molar-refractivity contribution < 1.29 is 0 Å². The lowest BCUT2D eigenvalue weighted by atomic mass is 10.2. The van der Waals surface area contributed by atoms with Crippen LogP contribution in [0, 0.1) is 0 Å². The van der Waals surface area contributed by atoms with Crippen molar-refractivity contribution in [2.75, 3.05) is 11.1 Å². The van der Waals surface area contributed by atoms with Crippen LogP contribution in [0.4, 0.5) is 11.8 Å². The summed E-state index contributed by atoms with van der Waals surface area (Å²) in [5, 5.41) is 3.47. The molecule has 3 rings (SSSR count). The van der Waals surface area contributed by atoms with Crippen LogP contribution in [0.15, 0.2) is 6.33 Å². The second-order valence-electron chi connectivity index (χ2n) is 5.47. The molecule has 0 aliphatic heterocycles. The standard InChI is InChI=1S/C13H20N6/c1-8(2)19-7-15-10-11(16-9-5-3-4-6-9)17-13(14)18-12(10)19/h7-9H,3-6H2,1-2H3,(H3,14,16,17,18). The van der Waals surface area contributed by atoms with Gasteiger partial charge >= 0.3 is 0 Å². The molecular formula is C13H20N6. The Morgan fingerprint density at radius 2 is 2.05 bits per heavy atom. The first-order chi connectivity index (χ1) is 9.15. The van der Waals surface area contributed by atoms with Gasteiger partial charge < -0.3 is 15.6 Å². The van der Waals surface area contributed by atoms with Crippen LogP contribution in [-0.2, 0) is 0 Å². The number of aromatic nitrogens is 4. The van der Waals surface area contributed by atoms with Gasteiger partial charge in [-0.05, 0) is 26.7 Å². The van der Waals surface area contributed by atoms with Crippen molar-refractivity contribution in [3.63, 3.8) is 0 Å². The topological polar surface area (TPSA) is 81.7 Å². The first kappa shape index (κ1) is 12.2. The maximum absolute atomic E-state index is 5.82. The van der Waals surface area contributed by atoms with E-state index in [4.69, 9.17) is 5.73 Å². The first-order valence-corrected chi connectivity index (χ1v) is 6.91. The predicted octanol–water partition coefficient (Wildman–Crippen LogP) is 2.34. The largest absolute Gasteiger partial charge is 0.368 e. The minimum atomic E-state index is 0.301. The van der Waals surface area contributed by atoms with Gasteiger partial charge in [0, 0.05) is 12.1 Å². The number of anilines is 2. The van der Waals surface area contributed by atoms with Crippen molar-refractivity contribution in [3.8, 4) is 0 Å². The van der Waals surface area contributed by atoms with Crippen LogP contribution in [0.1, 0.15) is 45.6 Å². The molecule has 0 radical (unpaired) electrons. The predicted molar refractivity (Wildman–Crippen MR) is 76.0 cm³/mol. The number of hydrogen-bond donors (Lipinski definition) is 2. The van der Waals surface area contributed by atoms with Crippen LogP contribution in [0.3, 0.4) is 0 Å². The number of nitrogens with one attached hydrogen (secondary N) is 1. The number of fused-ring (bicyclic) bond motifs is 1. The Kier molecular flexibility index (Phi) is 3.00. The van der Waals surface area contributed by atoms with E-state index in [1.165, 1.54) is 25.7 Å². The van der Waals surface area contributed by atoms with Gasteiger partial charge in [-0.3, -0.25) is 0 Å². The van der Waals surface area contributed by atoms with Gasteiger partial charge in [-0.25, -0.2) is 4.98 Å². The molecule has 1 aliphatic carbocycles. The second-order valence-corrected chi connectivity index (χ2v) is 5.47. The second kappa shape index (κ2) is 4.68. The number of imidazole rings is 1. The lowest BCUT2D eigenvalue weighted by molar-refractivity contribution is 0.613. The highest BCUT2D eigenvalue weighted by Crippen LogP contribution is 2.26. The molecule has 19 heavy (non-hydrogen) atoms. The van der Waals surface area contributed by atoms with Crippen molar-refractivity contribution >= 4 is 22.9 Å². The molecular weight excluding hydrogens is 240 g/mol. The molecule has 2 aromatic rings. The fourth-order valence-electron chi connectivity index (χ4n) is 2.68. The monoisotopic (exact) mass is 260 g/mol. The van der Waals surface area contributed by atoms with Crippen molar-refractivity contribution in [2.24, 2.45) is 0 Å². The Morgan fingerprint density at radius 1 is 1.32 bits per heavy atom.